The molecule has 1 aromatic rings. The summed E-state index contributed by atoms with van der Waals surface area (Å²) in [6.45, 7) is 2.30. The van der Waals surface area contributed by atoms with Gasteiger partial charge < -0.3 is 10.1 Å². The van der Waals surface area contributed by atoms with Crippen molar-refractivity contribution in [1.82, 2.24) is 5.32 Å². The molecule has 4 heteroatoms. The Kier molecular flexibility index (Phi) is 3.15. The Labute approximate surface area is 90.6 Å². The molecule has 0 spiro atoms. The largest absolute Gasteiger partial charge is 0.378 e. The minimum absolute atomic E-state index is 0.215. The van der Waals surface area contributed by atoms with Crippen molar-refractivity contribution in [3.63, 3.8) is 0 Å². The molecule has 76 valence electrons. The molecule has 1 aromatic carbocycles. The van der Waals surface area contributed by atoms with E-state index in [9.17, 15) is 4.39 Å². The molecule has 0 unspecified atom stereocenters. The molecule has 1 aliphatic heterocycles. The van der Waals surface area contributed by atoms with Gasteiger partial charge in [-0.1, -0.05) is 22.0 Å². The van der Waals surface area contributed by atoms with Crippen molar-refractivity contribution in [2.24, 2.45) is 0 Å². The summed E-state index contributed by atoms with van der Waals surface area (Å²) in [5, 5.41) is 3.32. The summed E-state index contributed by atoms with van der Waals surface area (Å²) >= 11 is 3.33. The second-order valence-electron chi connectivity index (χ2n) is 3.35. The Morgan fingerprint density at radius 2 is 2.29 bits per heavy atom. The molecule has 0 atom stereocenters. The van der Waals surface area contributed by atoms with E-state index in [4.69, 9.17) is 4.74 Å². The molecular weight excluding hydrogens is 249 g/mol. The summed E-state index contributed by atoms with van der Waals surface area (Å²) < 4.78 is 18.6. The third-order valence-corrected chi connectivity index (χ3v) is 2.97. The molecule has 0 bridgehead atoms. The predicted octanol–water partition coefficient (Wildman–Crippen LogP) is 2.08. The number of hydrogen-bond acceptors (Lipinski definition) is 2. The standard InChI is InChI=1S/C10H11BrFNO/c11-10-3-8(12)2-1-7(10)4-13-9-5-14-6-9/h1-3,9,13H,4-6H2. The van der Waals surface area contributed by atoms with Gasteiger partial charge in [0.2, 0.25) is 0 Å². The minimum atomic E-state index is -0.215. The van der Waals surface area contributed by atoms with Crippen LogP contribution in [0.4, 0.5) is 4.39 Å². The van der Waals surface area contributed by atoms with Gasteiger partial charge in [0.05, 0.1) is 19.3 Å². The Morgan fingerprint density at radius 3 is 2.86 bits per heavy atom. The molecule has 1 fully saturated rings. The lowest BCUT2D eigenvalue weighted by atomic mass is 10.2. The average Bonchev–Trinajstić information content (AvgIpc) is 2.05. The van der Waals surface area contributed by atoms with Gasteiger partial charge in [-0.3, -0.25) is 0 Å². The summed E-state index contributed by atoms with van der Waals surface area (Å²) in [5.41, 5.74) is 1.07. The van der Waals surface area contributed by atoms with Crippen LogP contribution in [0.15, 0.2) is 22.7 Å². The van der Waals surface area contributed by atoms with E-state index >= 15 is 0 Å². The van der Waals surface area contributed by atoms with E-state index in [1.165, 1.54) is 12.1 Å². The number of ether oxygens (including phenoxy) is 1. The fraction of sp³-hybridized carbons (Fsp3) is 0.400. The van der Waals surface area contributed by atoms with Gasteiger partial charge in [0.15, 0.2) is 0 Å². The van der Waals surface area contributed by atoms with Crippen LogP contribution >= 0.6 is 15.9 Å². The first-order chi connectivity index (χ1) is 6.75. The second kappa shape index (κ2) is 4.38. The predicted molar refractivity (Wildman–Crippen MR) is 55.5 cm³/mol. The Balaban J connectivity index is 1.94. The van der Waals surface area contributed by atoms with E-state index in [2.05, 4.69) is 21.2 Å². The highest BCUT2D eigenvalue weighted by Crippen LogP contribution is 2.18. The van der Waals surface area contributed by atoms with Gasteiger partial charge in [-0.2, -0.15) is 0 Å². The molecule has 1 N–H and O–H groups in total. The maximum absolute atomic E-state index is 12.8. The zero-order valence-electron chi connectivity index (χ0n) is 7.59. The molecule has 0 aliphatic carbocycles. The number of nitrogens with one attached hydrogen (secondary N) is 1. The van der Waals surface area contributed by atoms with Crippen LogP contribution in [0.2, 0.25) is 0 Å². The maximum Gasteiger partial charge on any atom is 0.124 e. The lowest BCUT2D eigenvalue weighted by Crippen LogP contribution is -2.45. The number of benzene rings is 1. The minimum Gasteiger partial charge on any atom is -0.378 e. The van der Waals surface area contributed by atoms with E-state index in [0.717, 1.165) is 29.8 Å². The van der Waals surface area contributed by atoms with Crippen molar-refractivity contribution in [2.75, 3.05) is 13.2 Å². The first-order valence-corrected chi connectivity index (χ1v) is 5.30. The highest BCUT2D eigenvalue weighted by molar-refractivity contribution is 9.10. The quantitative estimate of drug-likeness (QED) is 0.898. The third-order valence-electron chi connectivity index (χ3n) is 2.23. The topological polar surface area (TPSA) is 21.3 Å². The van der Waals surface area contributed by atoms with Crippen molar-refractivity contribution in [1.29, 1.82) is 0 Å². The van der Waals surface area contributed by atoms with E-state index in [1.807, 2.05) is 0 Å². The van der Waals surface area contributed by atoms with Gasteiger partial charge >= 0.3 is 0 Å². The van der Waals surface area contributed by atoms with Gasteiger partial charge in [0, 0.05) is 11.0 Å². The van der Waals surface area contributed by atoms with E-state index in [0.29, 0.717) is 6.04 Å². The molecule has 2 nitrogen and oxygen atoms in total. The molecule has 0 amide bonds. The third kappa shape index (κ3) is 2.32. The smallest absolute Gasteiger partial charge is 0.124 e. The first-order valence-electron chi connectivity index (χ1n) is 4.51. The lowest BCUT2D eigenvalue weighted by Gasteiger charge is -2.27. The molecule has 0 radical (unpaired) electrons. The summed E-state index contributed by atoms with van der Waals surface area (Å²) in [7, 11) is 0. The van der Waals surface area contributed by atoms with Crippen LogP contribution in [0.1, 0.15) is 5.56 Å². The number of rotatable bonds is 3. The SMILES string of the molecule is Fc1ccc(CNC2COC2)c(Br)c1. The summed E-state index contributed by atoms with van der Waals surface area (Å²) in [5.74, 6) is -0.215. The van der Waals surface area contributed by atoms with E-state index in [1.54, 1.807) is 6.07 Å². The van der Waals surface area contributed by atoms with Gasteiger partial charge in [-0.25, -0.2) is 4.39 Å². The Bertz CT molecular complexity index is 328. The second-order valence-corrected chi connectivity index (χ2v) is 4.21. The maximum atomic E-state index is 12.8. The monoisotopic (exact) mass is 259 g/mol. The van der Waals surface area contributed by atoms with Crippen molar-refractivity contribution in [3.8, 4) is 0 Å². The van der Waals surface area contributed by atoms with Gasteiger partial charge in [-0.05, 0) is 17.7 Å². The molecule has 1 aliphatic rings. The van der Waals surface area contributed by atoms with Gasteiger partial charge in [0.25, 0.3) is 0 Å². The van der Waals surface area contributed by atoms with Crippen LogP contribution in [-0.4, -0.2) is 19.3 Å². The Hall–Kier alpha value is -0.450. The summed E-state index contributed by atoms with van der Waals surface area (Å²) in [6.07, 6.45) is 0. The van der Waals surface area contributed by atoms with E-state index < -0.39 is 0 Å². The van der Waals surface area contributed by atoms with Gasteiger partial charge in [-0.15, -0.1) is 0 Å². The summed E-state index contributed by atoms with van der Waals surface area (Å²) in [4.78, 5) is 0. The van der Waals surface area contributed by atoms with Crippen LogP contribution in [0.3, 0.4) is 0 Å². The van der Waals surface area contributed by atoms with Crippen molar-refractivity contribution in [3.05, 3.63) is 34.1 Å². The molecule has 0 saturated carbocycles. The normalized spacial score (nSPS) is 16.7. The fourth-order valence-corrected chi connectivity index (χ4v) is 1.76. The van der Waals surface area contributed by atoms with Gasteiger partial charge in [0.1, 0.15) is 5.82 Å². The van der Waals surface area contributed by atoms with Crippen molar-refractivity contribution < 1.29 is 9.13 Å². The fourth-order valence-electron chi connectivity index (χ4n) is 1.27. The molecule has 14 heavy (non-hydrogen) atoms. The molecule has 1 saturated heterocycles. The Morgan fingerprint density at radius 1 is 1.50 bits per heavy atom. The zero-order valence-corrected chi connectivity index (χ0v) is 9.18. The van der Waals surface area contributed by atoms with Crippen molar-refractivity contribution in [2.45, 2.75) is 12.6 Å². The number of hydrogen-bond donors (Lipinski definition) is 1. The van der Waals surface area contributed by atoms with Crippen molar-refractivity contribution >= 4 is 15.9 Å². The lowest BCUT2D eigenvalue weighted by molar-refractivity contribution is -0.00580. The average molecular weight is 260 g/mol. The van der Waals surface area contributed by atoms with Crippen LogP contribution in [-0.2, 0) is 11.3 Å². The van der Waals surface area contributed by atoms with Crippen LogP contribution in [0, 0.1) is 5.82 Å². The highest BCUT2D eigenvalue weighted by atomic mass is 79.9. The van der Waals surface area contributed by atoms with Crippen LogP contribution in [0.5, 0.6) is 0 Å². The highest BCUT2D eigenvalue weighted by Gasteiger charge is 2.17. The summed E-state index contributed by atoms with van der Waals surface area (Å²) in [6, 6.07) is 5.19. The molecule has 1 heterocycles. The zero-order chi connectivity index (χ0) is 9.97. The molecular formula is C10H11BrFNO. The molecule has 0 aromatic heterocycles. The van der Waals surface area contributed by atoms with E-state index in [-0.39, 0.29) is 5.82 Å². The first kappa shape index (κ1) is 10.1. The van der Waals surface area contributed by atoms with Crippen LogP contribution < -0.4 is 5.32 Å². The van der Waals surface area contributed by atoms with Crippen LogP contribution in [0.25, 0.3) is 0 Å². The number of halogens is 2. The molecule has 2 rings (SSSR count).